The summed E-state index contributed by atoms with van der Waals surface area (Å²) in [6, 6.07) is 7.86. The molecule has 0 aliphatic carbocycles. The lowest BCUT2D eigenvalue weighted by Crippen LogP contribution is -2.27. The summed E-state index contributed by atoms with van der Waals surface area (Å²) in [6.45, 7) is 0.518. The molecule has 0 unspecified atom stereocenters. The molecule has 2 aromatic rings. The van der Waals surface area contributed by atoms with Crippen LogP contribution in [0.4, 0.5) is 5.82 Å². The molecule has 0 radical (unpaired) electrons. The van der Waals surface area contributed by atoms with Gasteiger partial charge in [0.25, 0.3) is 5.91 Å². The first-order valence-electron chi connectivity index (χ1n) is 6.10. The molecule has 0 saturated carbocycles. The van der Waals surface area contributed by atoms with Gasteiger partial charge in [0.05, 0.1) is 12.4 Å². The highest BCUT2D eigenvalue weighted by Crippen LogP contribution is 2.14. The van der Waals surface area contributed by atoms with E-state index in [4.69, 9.17) is 0 Å². The first kappa shape index (κ1) is 14.5. The fourth-order valence-corrected chi connectivity index (χ4v) is 2.21. The van der Waals surface area contributed by atoms with Crippen LogP contribution in [0.3, 0.4) is 0 Å². The average Bonchev–Trinajstić information content (AvgIpc) is 2.46. The van der Waals surface area contributed by atoms with Gasteiger partial charge in [-0.25, -0.2) is 4.98 Å². The summed E-state index contributed by atoms with van der Waals surface area (Å²) in [5.41, 5.74) is 1.38. The lowest BCUT2D eigenvalue weighted by atomic mass is 10.2. The number of hydrogen-bond donors (Lipinski definition) is 1. The quantitative estimate of drug-likeness (QED) is 0.933. The van der Waals surface area contributed by atoms with E-state index < -0.39 is 0 Å². The predicted octanol–water partition coefficient (Wildman–Crippen LogP) is 2.55. The fourth-order valence-electron chi connectivity index (χ4n) is 1.77. The first-order chi connectivity index (χ1) is 9.60. The Bertz CT molecular complexity index is 618. The molecule has 0 aliphatic heterocycles. The minimum atomic E-state index is -0.158. The molecule has 0 aliphatic rings. The van der Waals surface area contributed by atoms with E-state index >= 15 is 0 Å². The SMILES string of the molecule is CNc1cncc(C(=O)N(C)Cc2cccc(Br)c2)n1. The molecule has 1 aromatic heterocycles. The predicted molar refractivity (Wildman–Crippen MR) is 81.5 cm³/mol. The molecule has 5 nitrogen and oxygen atoms in total. The molecule has 2 rings (SSSR count). The van der Waals surface area contributed by atoms with E-state index in [0.717, 1.165) is 10.0 Å². The van der Waals surface area contributed by atoms with Gasteiger partial charge in [-0.2, -0.15) is 0 Å². The van der Waals surface area contributed by atoms with Crippen molar-refractivity contribution in [1.82, 2.24) is 14.9 Å². The molecule has 0 fully saturated rings. The second-order valence-electron chi connectivity index (χ2n) is 4.33. The molecule has 0 saturated heterocycles. The summed E-state index contributed by atoms with van der Waals surface area (Å²) >= 11 is 3.42. The van der Waals surface area contributed by atoms with Gasteiger partial charge in [-0.1, -0.05) is 28.1 Å². The Hall–Kier alpha value is -1.95. The van der Waals surface area contributed by atoms with Crippen molar-refractivity contribution in [1.29, 1.82) is 0 Å². The monoisotopic (exact) mass is 334 g/mol. The summed E-state index contributed by atoms with van der Waals surface area (Å²) in [5.74, 6) is 0.418. The Balaban J connectivity index is 2.12. The van der Waals surface area contributed by atoms with Crippen LogP contribution in [-0.4, -0.2) is 34.9 Å². The second kappa shape index (κ2) is 6.47. The Kier molecular flexibility index (Phi) is 4.68. The van der Waals surface area contributed by atoms with Gasteiger partial charge in [0, 0.05) is 25.1 Å². The third kappa shape index (κ3) is 3.54. The molecule has 1 aromatic carbocycles. The Morgan fingerprint density at radius 1 is 1.40 bits per heavy atom. The minimum Gasteiger partial charge on any atom is -0.372 e. The van der Waals surface area contributed by atoms with Crippen LogP contribution in [-0.2, 0) is 6.54 Å². The van der Waals surface area contributed by atoms with Crippen molar-refractivity contribution in [3.05, 3.63) is 52.4 Å². The van der Waals surface area contributed by atoms with Gasteiger partial charge in [-0.05, 0) is 17.7 Å². The van der Waals surface area contributed by atoms with Crippen LogP contribution in [0.25, 0.3) is 0 Å². The van der Waals surface area contributed by atoms with E-state index in [0.29, 0.717) is 18.1 Å². The van der Waals surface area contributed by atoms with Crippen LogP contribution in [0.5, 0.6) is 0 Å². The number of carbonyl (C=O) groups excluding carboxylic acids is 1. The fraction of sp³-hybridized carbons (Fsp3) is 0.214. The number of rotatable bonds is 4. The summed E-state index contributed by atoms with van der Waals surface area (Å²) < 4.78 is 0.993. The number of hydrogen-bond acceptors (Lipinski definition) is 4. The molecule has 104 valence electrons. The van der Waals surface area contributed by atoms with Gasteiger partial charge in [0.15, 0.2) is 0 Å². The second-order valence-corrected chi connectivity index (χ2v) is 5.25. The molecule has 1 amide bonds. The molecule has 0 spiro atoms. The average molecular weight is 335 g/mol. The van der Waals surface area contributed by atoms with E-state index in [2.05, 4.69) is 31.2 Å². The number of nitrogens with one attached hydrogen (secondary N) is 1. The van der Waals surface area contributed by atoms with Crippen LogP contribution in [0.15, 0.2) is 41.1 Å². The summed E-state index contributed by atoms with van der Waals surface area (Å²) in [7, 11) is 3.49. The molecule has 0 atom stereocenters. The van der Waals surface area contributed by atoms with Crippen molar-refractivity contribution in [3.8, 4) is 0 Å². The van der Waals surface area contributed by atoms with Crippen molar-refractivity contribution in [3.63, 3.8) is 0 Å². The third-order valence-electron chi connectivity index (χ3n) is 2.77. The maximum Gasteiger partial charge on any atom is 0.274 e. The van der Waals surface area contributed by atoms with E-state index in [1.54, 1.807) is 25.2 Å². The summed E-state index contributed by atoms with van der Waals surface area (Å²) in [6.07, 6.45) is 3.05. The molecule has 20 heavy (non-hydrogen) atoms. The normalized spacial score (nSPS) is 10.2. The van der Waals surface area contributed by atoms with E-state index in [-0.39, 0.29) is 5.91 Å². The standard InChI is InChI=1S/C14H15BrN4O/c1-16-13-8-17-7-12(18-13)14(20)19(2)9-10-4-3-5-11(15)6-10/h3-8H,9H2,1-2H3,(H,16,18). The van der Waals surface area contributed by atoms with Crippen LogP contribution in [0.2, 0.25) is 0 Å². The summed E-state index contributed by atoms with van der Waals surface area (Å²) in [4.78, 5) is 22.1. The minimum absolute atomic E-state index is 0.158. The third-order valence-corrected chi connectivity index (χ3v) is 3.26. The Labute approximate surface area is 126 Å². The number of benzene rings is 1. The van der Waals surface area contributed by atoms with Crippen LogP contribution < -0.4 is 5.32 Å². The van der Waals surface area contributed by atoms with Crippen LogP contribution in [0.1, 0.15) is 16.1 Å². The van der Waals surface area contributed by atoms with Crippen molar-refractivity contribution in [2.75, 3.05) is 19.4 Å². The van der Waals surface area contributed by atoms with Crippen molar-refractivity contribution in [2.45, 2.75) is 6.54 Å². The highest BCUT2D eigenvalue weighted by Gasteiger charge is 2.14. The van der Waals surface area contributed by atoms with Crippen molar-refractivity contribution in [2.24, 2.45) is 0 Å². The molecular formula is C14H15BrN4O. The highest BCUT2D eigenvalue weighted by molar-refractivity contribution is 9.10. The number of amides is 1. The Morgan fingerprint density at radius 3 is 2.90 bits per heavy atom. The number of aromatic nitrogens is 2. The molecule has 0 bridgehead atoms. The maximum atomic E-state index is 12.3. The van der Waals surface area contributed by atoms with Crippen molar-refractivity contribution < 1.29 is 4.79 Å². The molecular weight excluding hydrogens is 320 g/mol. The van der Waals surface area contributed by atoms with Crippen LogP contribution >= 0.6 is 15.9 Å². The van der Waals surface area contributed by atoms with Crippen LogP contribution in [0, 0.1) is 0 Å². The lowest BCUT2D eigenvalue weighted by Gasteiger charge is -2.17. The molecule has 6 heteroatoms. The van der Waals surface area contributed by atoms with E-state index in [1.165, 1.54) is 6.20 Å². The summed E-state index contributed by atoms with van der Waals surface area (Å²) in [5, 5.41) is 2.87. The molecule has 1 heterocycles. The van der Waals surface area contributed by atoms with Gasteiger partial charge in [0.2, 0.25) is 0 Å². The zero-order chi connectivity index (χ0) is 14.5. The van der Waals surface area contributed by atoms with Crippen molar-refractivity contribution >= 4 is 27.7 Å². The smallest absolute Gasteiger partial charge is 0.274 e. The number of halogens is 1. The van der Waals surface area contributed by atoms with Gasteiger partial charge in [0.1, 0.15) is 11.5 Å². The van der Waals surface area contributed by atoms with Gasteiger partial charge in [-0.3, -0.25) is 9.78 Å². The van der Waals surface area contributed by atoms with Gasteiger partial charge >= 0.3 is 0 Å². The lowest BCUT2D eigenvalue weighted by molar-refractivity contribution is 0.0779. The van der Waals surface area contributed by atoms with E-state index in [9.17, 15) is 4.79 Å². The Morgan fingerprint density at radius 2 is 2.20 bits per heavy atom. The maximum absolute atomic E-state index is 12.3. The zero-order valence-electron chi connectivity index (χ0n) is 11.3. The molecule has 1 N–H and O–H groups in total. The number of carbonyl (C=O) groups is 1. The van der Waals surface area contributed by atoms with Gasteiger partial charge in [-0.15, -0.1) is 0 Å². The highest BCUT2D eigenvalue weighted by atomic mass is 79.9. The first-order valence-corrected chi connectivity index (χ1v) is 6.89. The number of nitrogens with zero attached hydrogens (tertiary/aromatic N) is 3. The largest absolute Gasteiger partial charge is 0.372 e. The zero-order valence-corrected chi connectivity index (χ0v) is 12.9. The van der Waals surface area contributed by atoms with Gasteiger partial charge < -0.3 is 10.2 Å². The number of anilines is 1. The topological polar surface area (TPSA) is 58.1 Å². The van der Waals surface area contributed by atoms with E-state index in [1.807, 2.05) is 24.3 Å².